The number of amides is 1. The lowest BCUT2D eigenvalue weighted by Gasteiger charge is -2.21. The predicted octanol–water partition coefficient (Wildman–Crippen LogP) is 2.50. The van der Waals surface area contributed by atoms with Crippen molar-refractivity contribution in [1.82, 2.24) is 9.55 Å². The number of carbonyl (C=O) groups excluding carboxylic acids is 1. The van der Waals surface area contributed by atoms with Crippen molar-refractivity contribution in [2.24, 2.45) is 0 Å². The molecular weight excluding hydrogens is 316 g/mol. The van der Waals surface area contributed by atoms with Gasteiger partial charge in [0.25, 0.3) is 0 Å². The number of carbonyl (C=O) groups is 1. The van der Waals surface area contributed by atoms with Gasteiger partial charge < -0.3 is 19.6 Å². The summed E-state index contributed by atoms with van der Waals surface area (Å²) in [4.78, 5) is 25.7. The first kappa shape index (κ1) is 15.8. The van der Waals surface area contributed by atoms with Crippen molar-refractivity contribution in [2.75, 3.05) is 11.9 Å². The Morgan fingerprint density at radius 3 is 3.17 bits per heavy atom. The molecule has 126 valence electrons. The van der Waals surface area contributed by atoms with Crippen LogP contribution in [-0.2, 0) is 11.3 Å². The van der Waals surface area contributed by atoms with Gasteiger partial charge in [-0.1, -0.05) is 12.1 Å². The van der Waals surface area contributed by atoms with E-state index in [2.05, 4.69) is 10.3 Å². The van der Waals surface area contributed by atoms with E-state index in [0.717, 1.165) is 5.56 Å². The zero-order chi connectivity index (χ0) is 17.1. The van der Waals surface area contributed by atoms with Crippen LogP contribution in [0.2, 0.25) is 0 Å². The quantitative estimate of drug-likeness (QED) is 0.680. The average Bonchev–Trinajstić information content (AvgIpc) is 2.96. The van der Waals surface area contributed by atoms with E-state index < -0.39 is 11.0 Å². The van der Waals surface area contributed by atoms with E-state index in [1.165, 1.54) is 6.20 Å². The van der Waals surface area contributed by atoms with Gasteiger partial charge in [0.05, 0.1) is 0 Å². The molecule has 9 nitrogen and oxygen atoms in total. The van der Waals surface area contributed by atoms with Crippen molar-refractivity contribution in [3.63, 3.8) is 0 Å². The second-order valence-electron chi connectivity index (χ2n) is 5.45. The summed E-state index contributed by atoms with van der Waals surface area (Å²) in [5, 5.41) is 13.3. The molecule has 1 N–H and O–H groups in total. The number of aryl methyl sites for hydroxylation is 2. The lowest BCUT2D eigenvalue weighted by atomic mass is 10.2. The molecule has 0 saturated carbocycles. The number of ether oxygens (including phenoxy) is 2. The number of aromatic nitrogens is 2. The minimum atomic E-state index is -0.580. The van der Waals surface area contributed by atoms with Gasteiger partial charge in [-0.2, -0.15) is 0 Å². The van der Waals surface area contributed by atoms with Crippen molar-refractivity contribution in [2.45, 2.75) is 26.0 Å². The third kappa shape index (κ3) is 3.62. The Hall–Kier alpha value is -3.10. The Bertz CT molecular complexity index is 773. The standard InChI is InChI=1S/C15H16N4O5/c1-10-3-2-4-11(7-10)16-15(20)23-9-12-5-6-18-8-13(19(21)22)17-14(18)24-12/h2-4,7-8,12H,5-6,9H2,1H3,(H,16,20). The molecule has 0 radical (unpaired) electrons. The molecule has 0 aliphatic carbocycles. The smallest absolute Gasteiger partial charge is 0.414 e. The molecule has 0 bridgehead atoms. The lowest BCUT2D eigenvalue weighted by Crippen LogP contribution is -2.32. The van der Waals surface area contributed by atoms with Crippen LogP contribution >= 0.6 is 0 Å². The van der Waals surface area contributed by atoms with E-state index in [-0.39, 0.29) is 24.5 Å². The number of nitrogens with one attached hydrogen (secondary N) is 1. The predicted molar refractivity (Wildman–Crippen MR) is 84.1 cm³/mol. The zero-order valence-electron chi connectivity index (χ0n) is 13.0. The molecule has 1 amide bonds. The largest absolute Gasteiger partial charge is 0.445 e. The molecule has 24 heavy (non-hydrogen) atoms. The highest BCUT2D eigenvalue weighted by Crippen LogP contribution is 2.24. The highest BCUT2D eigenvalue weighted by atomic mass is 16.6. The summed E-state index contributed by atoms with van der Waals surface area (Å²) in [5.41, 5.74) is 1.67. The van der Waals surface area contributed by atoms with Crippen molar-refractivity contribution < 1.29 is 19.2 Å². The SMILES string of the molecule is Cc1cccc(NC(=O)OCC2CCn3cc([N+](=O)[O-])nc3O2)c1. The number of anilines is 1. The van der Waals surface area contributed by atoms with Crippen molar-refractivity contribution in [3.8, 4) is 6.01 Å². The molecule has 1 aromatic heterocycles. The summed E-state index contributed by atoms with van der Waals surface area (Å²) < 4.78 is 12.2. The Morgan fingerprint density at radius 2 is 2.42 bits per heavy atom. The molecule has 2 aromatic rings. The molecule has 1 aliphatic heterocycles. The number of nitro groups is 1. The fourth-order valence-electron chi connectivity index (χ4n) is 2.38. The fraction of sp³-hybridized carbons (Fsp3) is 0.333. The monoisotopic (exact) mass is 332 g/mol. The maximum Gasteiger partial charge on any atom is 0.414 e. The first-order chi connectivity index (χ1) is 11.5. The highest BCUT2D eigenvalue weighted by molar-refractivity contribution is 5.84. The van der Waals surface area contributed by atoms with Crippen LogP contribution < -0.4 is 10.1 Å². The number of imidazole rings is 1. The second kappa shape index (κ2) is 6.57. The molecule has 0 spiro atoms. The number of nitrogens with zero attached hydrogens (tertiary/aromatic N) is 3. The maximum absolute atomic E-state index is 11.8. The van der Waals surface area contributed by atoms with Gasteiger partial charge in [-0.25, -0.2) is 4.79 Å². The van der Waals surface area contributed by atoms with Crippen molar-refractivity contribution in [1.29, 1.82) is 0 Å². The van der Waals surface area contributed by atoms with Crippen LogP contribution in [0.5, 0.6) is 6.01 Å². The van der Waals surface area contributed by atoms with Crippen molar-refractivity contribution >= 4 is 17.6 Å². The molecule has 2 heterocycles. The Labute approximate surface area is 137 Å². The van der Waals surface area contributed by atoms with Gasteiger partial charge in [0, 0.05) is 23.6 Å². The molecule has 1 aromatic carbocycles. The summed E-state index contributed by atoms with van der Waals surface area (Å²) in [6.45, 7) is 2.48. The lowest BCUT2D eigenvalue weighted by molar-refractivity contribution is -0.389. The topological polar surface area (TPSA) is 109 Å². The van der Waals surface area contributed by atoms with Gasteiger partial charge in [0.1, 0.15) is 18.9 Å². The van der Waals surface area contributed by atoms with E-state index in [1.54, 1.807) is 10.6 Å². The summed E-state index contributed by atoms with van der Waals surface area (Å²) in [7, 11) is 0. The van der Waals surface area contributed by atoms with Crippen LogP contribution in [0.1, 0.15) is 12.0 Å². The molecule has 1 atom stereocenters. The minimum absolute atomic E-state index is 0.0400. The Balaban J connectivity index is 1.52. The Morgan fingerprint density at radius 1 is 1.58 bits per heavy atom. The van der Waals surface area contributed by atoms with Crippen molar-refractivity contribution in [3.05, 3.63) is 46.1 Å². The molecular formula is C15H16N4O5. The van der Waals surface area contributed by atoms with Crippen LogP contribution in [0.25, 0.3) is 0 Å². The van der Waals surface area contributed by atoms with E-state index >= 15 is 0 Å². The third-order valence-electron chi connectivity index (χ3n) is 3.54. The third-order valence-corrected chi connectivity index (χ3v) is 3.54. The summed E-state index contributed by atoms with van der Waals surface area (Å²) >= 11 is 0. The zero-order valence-corrected chi connectivity index (χ0v) is 13.0. The van der Waals surface area contributed by atoms with Crippen LogP contribution in [0.3, 0.4) is 0 Å². The van der Waals surface area contributed by atoms with Gasteiger partial charge in [0.2, 0.25) is 0 Å². The second-order valence-corrected chi connectivity index (χ2v) is 5.45. The van der Waals surface area contributed by atoms with Crippen LogP contribution in [0.15, 0.2) is 30.5 Å². The minimum Gasteiger partial charge on any atom is -0.445 e. The van der Waals surface area contributed by atoms with Gasteiger partial charge >= 0.3 is 17.9 Å². The van der Waals surface area contributed by atoms with E-state index in [0.29, 0.717) is 18.7 Å². The Kier molecular flexibility index (Phi) is 4.32. The van der Waals surface area contributed by atoms with Gasteiger partial charge in [-0.3, -0.25) is 9.88 Å². The number of fused-ring (bicyclic) bond motifs is 1. The number of rotatable bonds is 4. The molecule has 0 fully saturated rings. The molecule has 0 saturated heterocycles. The molecule has 9 heteroatoms. The first-order valence-corrected chi connectivity index (χ1v) is 7.40. The number of hydrogen-bond donors (Lipinski definition) is 1. The highest BCUT2D eigenvalue weighted by Gasteiger charge is 2.28. The van der Waals surface area contributed by atoms with E-state index in [4.69, 9.17) is 9.47 Å². The molecule has 3 rings (SSSR count). The van der Waals surface area contributed by atoms with E-state index in [9.17, 15) is 14.9 Å². The number of benzene rings is 1. The van der Waals surface area contributed by atoms with Gasteiger partial charge in [-0.05, 0) is 29.5 Å². The summed E-state index contributed by atoms with van der Waals surface area (Å²) in [6, 6.07) is 7.52. The maximum atomic E-state index is 11.8. The number of hydrogen-bond acceptors (Lipinski definition) is 6. The first-order valence-electron chi connectivity index (χ1n) is 7.40. The van der Waals surface area contributed by atoms with Crippen LogP contribution in [0.4, 0.5) is 16.3 Å². The molecule has 1 aliphatic rings. The summed E-state index contributed by atoms with van der Waals surface area (Å²) in [6.07, 6.45) is 0.932. The molecule has 1 unspecified atom stereocenters. The average molecular weight is 332 g/mol. The summed E-state index contributed by atoms with van der Waals surface area (Å²) in [5.74, 6) is -0.260. The van der Waals surface area contributed by atoms with E-state index in [1.807, 2.05) is 25.1 Å². The fourth-order valence-corrected chi connectivity index (χ4v) is 2.38. The normalized spacial score (nSPS) is 16.0. The van der Waals surface area contributed by atoms with Crippen LogP contribution in [0, 0.1) is 17.0 Å². The van der Waals surface area contributed by atoms with Gasteiger partial charge in [0.15, 0.2) is 0 Å². The van der Waals surface area contributed by atoms with Gasteiger partial charge in [-0.15, -0.1) is 0 Å². The van der Waals surface area contributed by atoms with Crippen LogP contribution in [-0.4, -0.2) is 33.3 Å².